The SMILES string of the molecule is O=C(CN1Cc2ccccc2OC(c2ccsc2)C1)N1CCN(Cc2ccc3c(c2)OCO3)CC1. The number of fused-ring (bicyclic) bond motifs is 2. The van der Waals surface area contributed by atoms with Gasteiger partial charge in [-0.25, -0.2) is 0 Å². The first-order valence-electron chi connectivity index (χ1n) is 12.1. The van der Waals surface area contributed by atoms with E-state index < -0.39 is 0 Å². The van der Waals surface area contributed by atoms with Gasteiger partial charge in [0.15, 0.2) is 11.5 Å². The van der Waals surface area contributed by atoms with Crippen molar-refractivity contribution in [1.82, 2.24) is 14.7 Å². The fraction of sp³-hybridized carbons (Fsp3) is 0.370. The van der Waals surface area contributed by atoms with Gasteiger partial charge in [0.05, 0.1) is 6.54 Å². The molecular weight excluding hydrogens is 462 g/mol. The van der Waals surface area contributed by atoms with Crippen molar-refractivity contribution >= 4 is 17.2 Å². The number of ether oxygens (including phenoxy) is 3. The Kier molecular flexibility index (Phi) is 6.33. The largest absolute Gasteiger partial charge is 0.484 e. The molecule has 1 aromatic heterocycles. The van der Waals surface area contributed by atoms with Crippen LogP contribution in [0.2, 0.25) is 0 Å². The molecule has 1 amide bonds. The molecule has 1 unspecified atom stereocenters. The van der Waals surface area contributed by atoms with Crippen LogP contribution in [0.15, 0.2) is 59.3 Å². The summed E-state index contributed by atoms with van der Waals surface area (Å²) in [5, 5.41) is 4.21. The molecule has 7 nitrogen and oxygen atoms in total. The number of rotatable bonds is 5. The smallest absolute Gasteiger partial charge is 0.236 e. The molecule has 0 saturated carbocycles. The Hall–Kier alpha value is -3.07. The second kappa shape index (κ2) is 9.89. The monoisotopic (exact) mass is 491 g/mol. The lowest BCUT2D eigenvalue weighted by atomic mass is 10.1. The van der Waals surface area contributed by atoms with Gasteiger partial charge in [0.1, 0.15) is 11.9 Å². The van der Waals surface area contributed by atoms with Gasteiger partial charge in [-0.05, 0) is 40.6 Å². The molecular formula is C27H29N3O4S. The van der Waals surface area contributed by atoms with Gasteiger partial charge >= 0.3 is 0 Å². The Balaban J connectivity index is 1.06. The molecule has 4 heterocycles. The van der Waals surface area contributed by atoms with E-state index in [1.165, 1.54) is 11.1 Å². The molecule has 2 aromatic carbocycles. The number of hydrogen-bond donors (Lipinski definition) is 0. The lowest BCUT2D eigenvalue weighted by molar-refractivity contribution is -0.134. The van der Waals surface area contributed by atoms with Crippen LogP contribution in [0.1, 0.15) is 22.8 Å². The van der Waals surface area contributed by atoms with Crippen LogP contribution in [0.5, 0.6) is 17.2 Å². The normalized spacial score (nSPS) is 20.2. The number of para-hydroxylation sites is 1. The Morgan fingerprint density at radius 1 is 0.943 bits per heavy atom. The predicted octanol–water partition coefficient (Wildman–Crippen LogP) is 3.76. The average Bonchev–Trinajstić information content (AvgIpc) is 3.54. The van der Waals surface area contributed by atoms with Crippen LogP contribution in [0.4, 0.5) is 0 Å². The van der Waals surface area contributed by atoms with Crippen molar-refractivity contribution in [2.45, 2.75) is 19.2 Å². The van der Waals surface area contributed by atoms with Crippen LogP contribution in [-0.4, -0.2) is 66.7 Å². The zero-order valence-electron chi connectivity index (χ0n) is 19.6. The summed E-state index contributed by atoms with van der Waals surface area (Å²) < 4.78 is 17.3. The lowest BCUT2D eigenvalue weighted by Crippen LogP contribution is -2.51. The molecule has 1 atom stereocenters. The molecule has 0 radical (unpaired) electrons. The maximum absolute atomic E-state index is 13.3. The van der Waals surface area contributed by atoms with E-state index in [2.05, 4.69) is 44.8 Å². The Bertz CT molecular complexity index is 1180. The Morgan fingerprint density at radius 2 is 1.80 bits per heavy atom. The van der Waals surface area contributed by atoms with Crippen LogP contribution < -0.4 is 14.2 Å². The van der Waals surface area contributed by atoms with E-state index in [0.29, 0.717) is 26.4 Å². The van der Waals surface area contributed by atoms with Gasteiger partial charge in [0.2, 0.25) is 12.7 Å². The number of thiophene rings is 1. The van der Waals surface area contributed by atoms with E-state index in [0.717, 1.165) is 55.5 Å². The predicted molar refractivity (Wildman–Crippen MR) is 134 cm³/mol. The van der Waals surface area contributed by atoms with Crippen LogP contribution in [0, 0.1) is 0 Å². The van der Waals surface area contributed by atoms with Crippen LogP contribution in [0.25, 0.3) is 0 Å². The minimum Gasteiger partial charge on any atom is -0.484 e. The van der Waals surface area contributed by atoms with Gasteiger partial charge in [-0.3, -0.25) is 14.6 Å². The van der Waals surface area contributed by atoms with Crippen LogP contribution >= 0.6 is 11.3 Å². The second-order valence-corrected chi connectivity index (χ2v) is 10.1. The standard InChI is InChI=1S/C27H29N3O4S/c31-27(30-10-8-28(9-11-30)14-20-5-6-24-25(13-20)33-19-32-24)17-29-15-21-3-1-2-4-23(21)34-26(16-29)22-7-12-35-18-22/h1-7,12-13,18,26H,8-11,14-17,19H2. The Morgan fingerprint density at radius 3 is 2.66 bits per heavy atom. The van der Waals surface area contributed by atoms with Gasteiger partial charge in [0.25, 0.3) is 0 Å². The molecule has 3 aromatic rings. The molecule has 0 N–H and O–H groups in total. The Labute approximate surface area is 209 Å². The summed E-state index contributed by atoms with van der Waals surface area (Å²) in [6.45, 7) is 6.18. The number of benzene rings is 2. The summed E-state index contributed by atoms with van der Waals surface area (Å²) in [4.78, 5) is 19.9. The summed E-state index contributed by atoms with van der Waals surface area (Å²) in [5.41, 5.74) is 3.50. The quantitative estimate of drug-likeness (QED) is 0.542. The van der Waals surface area contributed by atoms with E-state index in [1.807, 2.05) is 29.2 Å². The summed E-state index contributed by atoms with van der Waals surface area (Å²) >= 11 is 1.67. The molecule has 0 aliphatic carbocycles. The molecule has 0 bridgehead atoms. The molecule has 1 saturated heterocycles. The zero-order valence-corrected chi connectivity index (χ0v) is 20.4. The number of piperazine rings is 1. The van der Waals surface area contributed by atoms with E-state index in [1.54, 1.807) is 11.3 Å². The topological polar surface area (TPSA) is 54.5 Å². The molecule has 3 aliphatic heterocycles. The summed E-state index contributed by atoms with van der Waals surface area (Å²) in [6.07, 6.45) is -0.0729. The molecule has 3 aliphatic rings. The van der Waals surface area contributed by atoms with Crippen LogP contribution in [-0.2, 0) is 17.9 Å². The van der Waals surface area contributed by atoms with Crippen molar-refractivity contribution in [3.63, 3.8) is 0 Å². The summed E-state index contributed by atoms with van der Waals surface area (Å²) in [7, 11) is 0. The van der Waals surface area contributed by atoms with Gasteiger partial charge in [-0.15, -0.1) is 0 Å². The fourth-order valence-electron chi connectivity index (χ4n) is 4.98. The highest BCUT2D eigenvalue weighted by atomic mass is 32.1. The average molecular weight is 492 g/mol. The molecule has 1 fully saturated rings. The van der Waals surface area contributed by atoms with E-state index >= 15 is 0 Å². The fourth-order valence-corrected chi connectivity index (χ4v) is 5.68. The first-order chi connectivity index (χ1) is 17.2. The highest BCUT2D eigenvalue weighted by molar-refractivity contribution is 7.07. The maximum atomic E-state index is 13.3. The molecule has 182 valence electrons. The third kappa shape index (κ3) is 5.00. The van der Waals surface area contributed by atoms with Crippen LogP contribution in [0.3, 0.4) is 0 Å². The third-order valence-corrected chi connectivity index (χ3v) is 7.60. The number of hydrogen-bond acceptors (Lipinski definition) is 7. The van der Waals surface area contributed by atoms with Crippen molar-refractivity contribution in [2.75, 3.05) is 46.1 Å². The van der Waals surface area contributed by atoms with E-state index in [-0.39, 0.29) is 12.0 Å². The second-order valence-electron chi connectivity index (χ2n) is 9.29. The lowest BCUT2D eigenvalue weighted by Gasteiger charge is -2.36. The zero-order chi connectivity index (χ0) is 23.6. The number of amides is 1. The van der Waals surface area contributed by atoms with Crippen molar-refractivity contribution in [1.29, 1.82) is 0 Å². The summed E-state index contributed by atoms with van der Waals surface area (Å²) in [5.74, 6) is 2.74. The van der Waals surface area contributed by atoms with Crippen molar-refractivity contribution in [3.8, 4) is 17.2 Å². The number of carbonyl (C=O) groups excluding carboxylic acids is 1. The molecule has 8 heteroatoms. The molecule has 6 rings (SSSR count). The summed E-state index contributed by atoms with van der Waals surface area (Å²) in [6, 6.07) is 16.4. The highest BCUT2D eigenvalue weighted by Crippen LogP contribution is 2.33. The van der Waals surface area contributed by atoms with Crippen molar-refractivity contribution < 1.29 is 19.0 Å². The number of carbonyl (C=O) groups is 1. The third-order valence-electron chi connectivity index (χ3n) is 6.90. The van der Waals surface area contributed by atoms with Gasteiger partial charge in [0, 0.05) is 56.9 Å². The van der Waals surface area contributed by atoms with Gasteiger partial charge in [-0.2, -0.15) is 11.3 Å². The first-order valence-corrected chi connectivity index (χ1v) is 13.0. The molecule has 0 spiro atoms. The highest BCUT2D eigenvalue weighted by Gasteiger charge is 2.28. The maximum Gasteiger partial charge on any atom is 0.236 e. The minimum atomic E-state index is -0.0729. The number of nitrogens with zero attached hydrogens (tertiary/aromatic N) is 3. The molecule has 35 heavy (non-hydrogen) atoms. The minimum absolute atomic E-state index is 0.0729. The first kappa shape index (κ1) is 22.4. The van der Waals surface area contributed by atoms with Crippen molar-refractivity contribution in [2.24, 2.45) is 0 Å². The van der Waals surface area contributed by atoms with Gasteiger partial charge < -0.3 is 19.1 Å². The van der Waals surface area contributed by atoms with E-state index in [9.17, 15) is 4.79 Å². The van der Waals surface area contributed by atoms with Gasteiger partial charge in [-0.1, -0.05) is 24.3 Å². The van der Waals surface area contributed by atoms with E-state index in [4.69, 9.17) is 14.2 Å². The van der Waals surface area contributed by atoms with Crippen molar-refractivity contribution in [3.05, 3.63) is 76.0 Å².